The predicted octanol–water partition coefficient (Wildman–Crippen LogP) is 3.46. The van der Waals surface area contributed by atoms with Crippen LogP contribution in [0.2, 0.25) is 0 Å². The second-order valence-corrected chi connectivity index (χ2v) is 11.1. The topological polar surface area (TPSA) is 90.9 Å². The van der Waals surface area contributed by atoms with Gasteiger partial charge in [0.25, 0.3) is 0 Å². The molecule has 1 N–H and O–H groups in total. The van der Waals surface area contributed by atoms with Crippen LogP contribution in [-0.2, 0) is 5.41 Å². The molecule has 5 aliphatic rings. The summed E-state index contributed by atoms with van der Waals surface area (Å²) in [6.45, 7) is 2.62. The van der Waals surface area contributed by atoms with Gasteiger partial charge in [-0.3, -0.25) is 5.10 Å². The smallest absolute Gasteiger partial charge is 0.323 e. The molecule has 0 aromatic carbocycles. The summed E-state index contributed by atoms with van der Waals surface area (Å²) in [7, 11) is 0. The van der Waals surface area contributed by atoms with Crippen LogP contribution < -0.4 is 0 Å². The summed E-state index contributed by atoms with van der Waals surface area (Å²) in [6.07, 6.45) is 0.336. The Morgan fingerprint density at radius 3 is 2.32 bits per heavy atom. The Bertz CT molecular complexity index is 1120. The molecule has 2 saturated heterocycles. The van der Waals surface area contributed by atoms with Crippen molar-refractivity contribution in [3.8, 4) is 0 Å². The summed E-state index contributed by atoms with van der Waals surface area (Å²) in [5, 5.41) is 15.5. The lowest BCUT2D eigenvalue weighted by atomic mass is 9.57. The molecule has 2 aromatic heterocycles. The maximum absolute atomic E-state index is 13.3. The summed E-state index contributed by atoms with van der Waals surface area (Å²) in [6, 6.07) is 3.14. The van der Waals surface area contributed by atoms with Gasteiger partial charge in [0.05, 0.1) is 11.4 Å². The van der Waals surface area contributed by atoms with Crippen LogP contribution >= 0.6 is 0 Å². The van der Waals surface area contributed by atoms with Crippen LogP contribution in [-0.4, -0.2) is 73.6 Å². The van der Waals surface area contributed by atoms with Gasteiger partial charge >= 0.3 is 12.2 Å². The van der Waals surface area contributed by atoms with Gasteiger partial charge in [-0.25, -0.2) is 9.78 Å². The fraction of sp³-hybridized carbons (Fsp3) is 0.696. The van der Waals surface area contributed by atoms with E-state index in [4.69, 9.17) is 0 Å². The van der Waals surface area contributed by atoms with E-state index in [0.29, 0.717) is 30.6 Å². The number of aromatic amines is 1. The summed E-state index contributed by atoms with van der Waals surface area (Å²) >= 11 is 0. The third-order valence-electron chi connectivity index (χ3n) is 8.57. The third-order valence-corrected chi connectivity index (χ3v) is 8.57. The van der Waals surface area contributed by atoms with Crippen LogP contribution in [0, 0.1) is 5.41 Å². The Hall–Kier alpha value is -2.72. The molecule has 3 aliphatic carbocycles. The number of nitrogens with one attached hydrogen (secondary N) is 1. The number of nitrogens with zero attached hydrogens (tertiary/aromatic N) is 6. The number of likely N-dealkylation sites (tertiary alicyclic amines) is 2. The number of carbonyl (C=O) groups is 1. The van der Waals surface area contributed by atoms with E-state index >= 15 is 0 Å². The molecule has 34 heavy (non-hydrogen) atoms. The minimum atomic E-state index is -4.29. The van der Waals surface area contributed by atoms with Gasteiger partial charge in [-0.2, -0.15) is 28.5 Å². The van der Waals surface area contributed by atoms with E-state index in [0.717, 1.165) is 37.6 Å². The number of hydrogen-bond acceptors (Lipinski definition) is 5. The molecule has 7 rings (SSSR count). The number of H-pyrrole nitrogens is 1. The van der Waals surface area contributed by atoms with Gasteiger partial charge < -0.3 is 9.80 Å². The zero-order chi connectivity index (χ0) is 23.3. The maximum Gasteiger partial charge on any atom is 0.400 e. The van der Waals surface area contributed by atoms with Gasteiger partial charge in [0.2, 0.25) is 0 Å². The van der Waals surface area contributed by atoms with E-state index in [2.05, 4.69) is 25.4 Å². The lowest BCUT2D eigenvalue weighted by Crippen LogP contribution is -2.67. The van der Waals surface area contributed by atoms with Crippen LogP contribution in [0.5, 0.6) is 0 Å². The minimum Gasteiger partial charge on any atom is -0.323 e. The lowest BCUT2D eigenvalue weighted by molar-refractivity contribution is -0.161. The largest absolute Gasteiger partial charge is 0.400 e. The number of hydrogen-bond donors (Lipinski definition) is 1. The molecule has 2 aromatic rings. The van der Waals surface area contributed by atoms with Crippen molar-refractivity contribution < 1.29 is 18.0 Å². The summed E-state index contributed by atoms with van der Waals surface area (Å²) < 4.78 is 39.8. The quantitative estimate of drug-likeness (QED) is 0.735. The monoisotopic (exact) mass is 473 g/mol. The number of rotatable bonds is 4. The zero-order valence-corrected chi connectivity index (χ0v) is 18.7. The molecule has 0 bridgehead atoms. The third kappa shape index (κ3) is 3.07. The maximum atomic E-state index is 13.3. The van der Waals surface area contributed by atoms with Crippen LogP contribution in [0.1, 0.15) is 79.3 Å². The fourth-order valence-electron chi connectivity index (χ4n) is 5.98. The predicted molar refractivity (Wildman–Crippen MR) is 113 cm³/mol. The van der Waals surface area contributed by atoms with Gasteiger partial charge in [-0.05, 0) is 50.7 Å². The van der Waals surface area contributed by atoms with Crippen molar-refractivity contribution in [3.63, 3.8) is 0 Å². The first-order valence-corrected chi connectivity index (χ1v) is 12.1. The minimum absolute atomic E-state index is 0.00879. The summed E-state index contributed by atoms with van der Waals surface area (Å²) in [5.74, 6) is 2.95. The van der Waals surface area contributed by atoms with Crippen molar-refractivity contribution in [2.45, 2.75) is 67.9 Å². The Kier molecular flexibility index (Phi) is 4.06. The van der Waals surface area contributed by atoms with Gasteiger partial charge in [-0.15, -0.1) is 0 Å². The van der Waals surface area contributed by atoms with Gasteiger partial charge in [0, 0.05) is 49.3 Å². The number of aromatic nitrogens is 5. The Morgan fingerprint density at radius 1 is 1.00 bits per heavy atom. The van der Waals surface area contributed by atoms with Crippen molar-refractivity contribution in [2.24, 2.45) is 5.41 Å². The molecule has 11 heteroatoms. The molecule has 3 saturated carbocycles. The number of halogens is 3. The normalized spacial score (nSPS) is 25.6. The first-order valence-electron chi connectivity index (χ1n) is 12.1. The lowest BCUT2D eigenvalue weighted by Gasteiger charge is -2.59. The highest BCUT2D eigenvalue weighted by molar-refractivity contribution is 5.77. The van der Waals surface area contributed by atoms with E-state index < -0.39 is 11.6 Å². The Balaban J connectivity index is 0.893. The molecule has 0 unspecified atom stereocenters. The number of amides is 2. The molecule has 180 valence electrons. The van der Waals surface area contributed by atoms with Gasteiger partial charge in [0.1, 0.15) is 11.2 Å². The molecule has 0 atom stereocenters. The Morgan fingerprint density at radius 2 is 1.74 bits per heavy atom. The van der Waals surface area contributed by atoms with E-state index in [1.807, 2.05) is 4.90 Å². The molecule has 2 aliphatic heterocycles. The number of carbonyl (C=O) groups excluding carboxylic acids is 1. The summed E-state index contributed by atoms with van der Waals surface area (Å²) in [4.78, 5) is 21.2. The molecule has 8 nitrogen and oxygen atoms in total. The highest BCUT2D eigenvalue weighted by atomic mass is 19.4. The number of alkyl halides is 3. The molecular formula is C23H26F3N7O. The van der Waals surface area contributed by atoms with Gasteiger partial charge in [0.15, 0.2) is 5.82 Å². The number of urea groups is 1. The average Bonchev–Trinajstić information content (AvgIpc) is 3.63. The molecule has 1 spiro atoms. The average molecular weight is 474 g/mol. The van der Waals surface area contributed by atoms with Crippen molar-refractivity contribution >= 4 is 6.03 Å². The zero-order valence-electron chi connectivity index (χ0n) is 18.7. The molecular weight excluding hydrogens is 447 g/mol. The van der Waals surface area contributed by atoms with Crippen molar-refractivity contribution in [3.05, 3.63) is 35.2 Å². The van der Waals surface area contributed by atoms with Crippen LogP contribution in [0.3, 0.4) is 0 Å². The highest BCUT2D eigenvalue weighted by Gasteiger charge is 2.65. The SMILES string of the molecule is O=C(N1CC(c2ccc(C3(C(F)(F)F)CC3)nn2)C1)N1CC2(CC(c3n[nH]c(C4CC4)n3)C2)C1. The van der Waals surface area contributed by atoms with Crippen molar-refractivity contribution in [1.82, 2.24) is 35.2 Å². The van der Waals surface area contributed by atoms with E-state index in [1.165, 1.54) is 18.9 Å². The summed E-state index contributed by atoms with van der Waals surface area (Å²) in [5.41, 5.74) is -0.927. The fourth-order valence-corrected chi connectivity index (χ4v) is 5.98. The molecule has 0 radical (unpaired) electrons. The van der Waals surface area contributed by atoms with Gasteiger partial charge in [-0.1, -0.05) is 0 Å². The van der Waals surface area contributed by atoms with Crippen molar-refractivity contribution in [1.29, 1.82) is 0 Å². The second kappa shape index (κ2) is 6.69. The Labute approximate surface area is 194 Å². The van der Waals surface area contributed by atoms with Crippen molar-refractivity contribution in [2.75, 3.05) is 26.2 Å². The van der Waals surface area contributed by atoms with E-state index in [1.54, 1.807) is 11.0 Å². The molecule has 2 amide bonds. The van der Waals surface area contributed by atoms with E-state index in [-0.39, 0.29) is 35.9 Å². The standard InChI is InChI=1S/C23H26F3N7O/c24-23(25,26)22(5-6-22)17-4-3-16(28-29-17)15-9-32(10-15)20(34)33-11-21(12-33)7-14(8-21)19-27-18(30-31-19)13-1-2-13/h3-4,13-15H,1-2,5-12H2,(H,27,30,31). The van der Waals surface area contributed by atoms with Crippen LogP contribution in [0.15, 0.2) is 12.1 Å². The first kappa shape index (κ1) is 20.6. The second-order valence-electron chi connectivity index (χ2n) is 11.1. The van der Waals surface area contributed by atoms with E-state index in [9.17, 15) is 18.0 Å². The van der Waals surface area contributed by atoms with Crippen LogP contribution in [0.25, 0.3) is 0 Å². The first-order chi connectivity index (χ1) is 16.3. The molecule has 4 heterocycles. The highest BCUT2D eigenvalue weighted by Crippen LogP contribution is 2.58. The molecule has 5 fully saturated rings. The van der Waals surface area contributed by atoms with Crippen LogP contribution in [0.4, 0.5) is 18.0 Å².